The summed E-state index contributed by atoms with van der Waals surface area (Å²) in [6.45, 7) is 0. The van der Waals surface area contributed by atoms with Gasteiger partial charge in [-0.25, -0.2) is 0 Å². The number of hydrogen-bond acceptors (Lipinski definition) is 1. The van der Waals surface area contributed by atoms with E-state index >= 15 is 0 Å². The minimum atomic E-state index is 0.987. The fourth-order valence-corrected chi connectivity index (χ4v) is 4.95. The maximum absolute atomic E-state index is 5.29. The molecule has 66 valence electrons. The van der Waals surface area contributed by atoms with Crippen LogP contribution in [0.25, 0.3) is 0 Å². The van der Waals surface area contributed by atoms with E-state index in [1.165, 1.54) is 14.3 Å². The van der Waals surface area contributed by atoms with Crippen LogP contribution in [0.2, 0.25) is 0 Å². The first-order valence-electron chi connectivity index (χ1n) is 2.95. The van der Waals surface area contributed by atoms with Crippen LogP contribution in [0.1, 0.15) is 0 Å². The van der Waals surface area contributed by atoms with Crippen molar-refractivity contribution in [1.82, 2.24) is 0 Å². The first-order valence-corrected chi connectivity index (χ1v) is 7.26. The van der Waals surface area contributed by atoms with Crippen LogP contribution in [0.15, 0.2) is 6.07 Å². The molecular formula is C7H4I4O. The van der Waals surface area contributed by atoms with Crippen LogP contribution in [-0.4, -0.2) is 7.11 Å². The van der Waals surface area contributed by atoms with Crippen LogP contribution in [0.4, 0.5) is 0 Å². The van der Waals surface area contributed by atoms with E-state index in [2.05, 4.69) is 96.4 Å². The molecule has 0 aromatic heterocycles. The van der Waals surface area contributed by atoms with Crippen LogP contribution in [-0.2, 0) is 0 Å². The van der Waals surface area contributed by atoms with Gasteiger partial charge in [0.1, 0.15) is 5.75 Å². The largest absolute Gasteiger partial charge is 0.494 e. The van der Waals surface area contributed by atoms with Crippen molar-refractivity contribution in [2.45, 2.75) is 0 Å². The van der Waals surface area contributed by atoms with Crippen molar-refractivity contribution in [2.24, 2.45) is 0 Å². The number of benzene rings is 1. The third-order valence-electron chi connectivity index (χ3n) is 1.28. The van der Waals surface area contributed by atoms with Crippen LogP contribution < -0.4 is 4.74 Å². The maximum Gasteiger partial charge on any atom is 0.146 e. The Balaban J connectivity index is 3.40. The maximum atomic E-state index is 5.29. The highest BCUT2D eigenvalue weighted by Gasteiger charge is 2.11. The van der Waals surface area contributed by atoms with E-state index in [1.54, 1.807) is 7.11 Å². The van der Waals surface area contributed by atoms with E-state index in [0.29, 0.717) is 0 Å². The molecule has 0 radical (unpaired) electrons. The number of hydrogen-bond donors (Lipinski definition) is 0. The van der Waals surface area contributed by atoms with Crippen LogP contribution >= 0.6 is 90.4 Å². The first kappa shape index (κ1) is 12.0. The molecule has 0 saturated carbocycles. The molecule has 5 heteroatoms. The van der Waals surface area contributed by atoms with Crippen molar-refractivity contribution in [2.75, 3.05) is 7.11 Å². The topological polar surface area (TPSA) is 9.23 Å². The average Bonchev–Trinajstić information content (AvgIpc) is 2.01. The molecule has 1 nitrogen and oxygen atoms in total. The Hall–Kier alpha value is 1.94. The number of rotatable bonds is 1. The molecular weight excluding hydrogens is 608 g/mol. The second kappa shape index (κ2) is 5.14. The molecule has 0 aliphatic heterocycles. The molecule has 1 aromatic rings. The lowest BCUT2D eigenvalue weighted by Crippen LogP contribution is -1.95. The monoisotopic (exact) mass is 612 g/mol. The normalized spacial score (nSPS) is 10.1. The van der Waals surface area contributed by atoms with Crippen molar-refractivity contribution in [1.29, 1.82) is 0 Å². The second-order valence-electron chi connectivity index (χ2n) is 2.00. The van der Waals surface area contributed by atoms with Gasteiger partial charge < -0.3 is 4.74 Å². The number of methoxy groups -OCH3 is 1. The average molecular weight is 612 g/mol. The van der Waals surface area contributed by atoms with Gasteiger partial charge >= 0.3 is 0 Å². The molecule has 0 atom stereocenters. The van der Waals surface area contributed by atoms with Gasteiger partial charge in [-0.1, -0.05) is 0 Å². The molecule has 0 spiro atoms. The quantitative estimate of drug-likeness (QED) is 0.264. The van der Waals surface area contributed by atoms with Gasteiger partial charge in [-0.05, 0) is 96.4 Å². The summed E-state index contributed by atoms with van der Waals surface area (Å²) in [6.07, 6.45) is 0. The minimum absolute atomic E-state index is 0.987. The summed E-state index contributed by atoms with van der Waals surface area (Å²) < 4.78 is 10.2. The standard InChI is InChI=1S/C7H4I4O/c1-12-7-4(9)2-3(8)5(10)6(7)11/h2H,1H3. The third-order valence-corrected chi connectivity index (χ3v) is 7.14. The SMILES string of the molecule is COc1c(I)cc(I)c(I)c1I. The van der Waals surface area contributed by atoms with E-state index in [-0.39, 0.29) is 0 Å². The van der Waals surface area contributed by atoms with Crippen LogP contribution in [0, 0.1) is 14.3 Å². The van der Waals surface area contributed by atoms with E-state index in [1.807, 2.05) is 0 Å². The lowest BCUT2D eigenvalue weighted by molar-refractivity contribution is 0.408. The van der Waals surface area contributed by atoms with Crippen LogP contribution in [0.3, 0.4) is 0 Å². The summed E-state index contributed by atoms with van der Waals surface area (Å²) in [6, 6.07) is 2.13. The van der Waals surface area contributed by atoms with Gasteiger partial charge in [0.15, 0.2) is 0 Å². The molecule has 1 aromatic carbocycles. The van der Waals surface area contributed by atoms with Crippen molar-refractivity contribution in [3.63, 3.8) is 0 Å². The summed E-state index contributed by atoms with van der Waals surface area (Å²) in [5.41, 5.74) is 0. The van der Waals surface area contributed by atoms with Gasteiger partial charge in [-0.2, -0.15) is 0 Å². The zero-order chi connectivity index (χ0) is 9.30. The van der Waals surface area contributed by atoms with Gasteiger partial charge in [0.25, 0.3) is 0 Å². The van der Waals surface area contributed by atoms with Crippen molar-refractivity contribution in [3.05, 3.63) is 20.3 Å². The molecule has 0 N–H and O–H groups in total. The molecule has 0 amide bonds. The van der Waals surface area contributed by atoms with E-state index in [0.717, 1.165) is 5.75 Å². The van der Waals surface area contributed by atoms with Crippen molar-refractivity contribution >= 4 is 90.4 Å². The molecule has 1 rings (SSSR count). The smallest absolute Gasteiger partial charge is 0.146 e. The molecule has 0 unspecified atom stereocenters. The number of ether oxygens (including phenoxy) is 1. The van der Waals surface area contributed by atoms with E-state index in [4.69, 9.17) is 4.74 Å². The molecule has 12 heavy (non-hydrogen) atoms. The van der Waals surface area contributed by atoms with Crippen molar-refractivity contribution in [3.8, 4) is 5.75 Å². The molecule has 0 aliphatic carbocycles. The van der Waals surface area contributed by atoms with Gasteiger partial charge in [-0.3, -0.25) is 0 Å². The molecule has 0 saturated heterocycles. The van der Waals surface area contributed by atoms with Gasteiger partial charge in [0.05, 0.1) is 14.3 Å². The highest BCUT2D eigenvalue weighted by atomic mass is 127. The zero-order valence-electron chi connectivity index (χ0n) is 6.00. The number of halogens is 4. The third kappa shape index (κ3) is 2.49. The lowest BCUT2D eigenvalue weighted by atomic mass is 10.3. The Morgan fingerprint density at radius 2 is 1.58 bits per heavy atom. The second-order valence-corrected chi connectivity index (χ2v) is 6.48. The molecule has 0 fully saturated rings. The molecule has 0 heterocycles. The molecule has 0 bridgehead atoms. The van der Waals surface area contributed by atoms with Gasteiger partial charge in [0, 0.05) is 7.14 Å². The highest BCUT2D eigenvalue weighted by molar-refractivity contribution is 14.1. The summed E-state index contributed by atoms with van der Waals surface area (Å²) in [7, 11) is 1.71. The Morgan fingerprint density at radius 1 is 1.00 bits per heavy atom. The minimum Gasteiger partial charge on any atom is -0.494 e. The fourth-order valence-electron chi connectivity index (χ4n) is 0.737. The summed E-state index contributed by atoms with van der Waals surface area (Å²) in [4.78, 5) is 0. The predicted molar refractivity (Wildman–Crippen MR) is 83.9 cm³/mol. The van der Waals surface area contributed by atoms with Gasteiger partial charge in [-0.15, -0.1) is 0 Å². The van der Waals surface area contributed by atoms with Crippen LogP contribution in [0.5, 0.6) is 5.75 Å². The fraction of sp³-hybridized carbons (Fsp3) is 0.143. The van der Waals surface area contributed by atoms with E-state index in [9.17, 15) is 0 Å². The van der Waals surface area contributed by atoms with Crippen molar-refractivity contribution < 1.29 is 4.74 Å². The molecule has 0 aliphatic rings. The highest BCUT2D eigenvalue weighted by Crippen LogP contribution is 2.33. The summed E-state index contributed by atoms with van der Waals surface area (Å²) >= 11 is 9.28. The zero-order valence-corrected chi connectivity index (χ0v) is 14.6. The lowest BCUT2D eigenvalue weighted by Gasteiger charge is -2.08. The Labute approximate surface area is 126 Å². The predicted octanol–water partition coefficient (Wildman–Crippen LogP) is 4.11. The Bertz CT molecular complexity index is 311. The van der Waals surface area contributed by atoms with E-state index < -0.39 is 0 Å². The Kier molecular flexibility index (Phi) is 5.15. The summed E-state index contributed by atoms with van der Waals surface area (Å²) in [5, 5.41) is 0. The summed E-state index contributed by atoms with van der Waals surface area (Å²) in [5.74, 6) is 0.987. The first-order chi connectivity index (χ1) is 5.57. The van der Waals surface area contributed by atoms with Gasteiger partial charge in [0.2, 0.25) is 0 Å². The Morgan fingerprint density at radius 3 is 2.08 bits per heavy atom.